The molecule has 0 radical (unpaired) electrons. The van der Waals surface area contributed by atoms with Crippen LogP contribution in [0.1, 0.15) is 25.0 Å². The Hall–Kier alpha value is -3.32. The second-order valence-electron chi connectivity index (χ2n) is 5.92. The van der Waals surface area contributed by atoms with Crippen molar-refractivity contribution < 1.29 is 28.5 Å². The molecule has 150 valence electrons. The van der Waals surface area contributed by atoms with Gasteiger partial charge in [0.25, 0.3) is 0 Å². The van der Waals surface area contributed by atoms with Gasteiger partial charge in [-0.3, -0.25) is 4.79 Å². The molecule has 0 spiro atoms. The van der Waals surface area contributed by atoms with Crippen molar-refractivity contribution in [2.75, 3.05) is 13.7 Å². The predicted molar refractivity (Wildman–Crippen MR) is 108 cm³/mol. The van der Waals surface area contributed by atoms with Crippen LogP contribution in [-0.4, -0.2) is 31.6 Å². The molecule has 0 aliphatic carbocycles. The number of benzene rings is 2. The van der Waals surface area contributed by atoms with Crippen LogP contribution < -0.4 is 14.2 Å². The Kier molecular flexibility index (Phi) is 6.19. The van der Waals surface area contributed by atoms with E-state index in [0.717, 1.165) is 0 Å². The smallest absolute Gasteiger partial charge is 0.363 e. The fourth-order valence-electron chi connectivity index (χ4n) is 2.62. The van der Waals surface area contributed by atoms with Crippen LogP contribution >= 0.6 is 11.6 Å². The molecule has 0 fully saturated rings. The number of cyclic esters (lactones) is 1. The van der Waals surface area contributed by atoms with Crippen molar-refractivity contribution in [2.45, 2.75) is 13.8 Å². The van der Waals surface area contributed by atoms with Crippen LogP contribution in [0.15, 0.2) is 47.1 Å². The van der Waals surface area contributed by atoms with E-state index >= 15 is 0 Å². The second kappa shape index (κ2) is 8.79. The van der Waals surface area contributed by atoms with Gasteiger partial charge in [0.05, 0.1) is 18.7 Å². The first-order valence-corrected chi connectivity index (χ1v) is 9.10. The summed E-state index contributed by atoms with van der Waals surface area (Å²) < 4.78 is 21.1. The summed E-state index contributed by atoms with van der Waals surface area (Å²) in [4.78, 5) is 27.8. The highest BCUT2D eigenvalue weighted by atomic mass is 35.5. The number of nitrogens with zero attached hydrogens (tertiary/aromatic N) is 1. The molecule has 0 saturated carbocycles. The van der Waals surface area contributed by atoms with Crippen LogP contribution in [0.2, 0.25) is 5.02 Å². The van der Waals surface area contributed by atoms with Crippen molar-refractivity contribution in [2.24, 2.45) is 4.99 Å². The van der Waals surface area contributed by atoms with Gasteiger partial charge in [-0.25, -0.2) is 9.79 Å². The Morgan fingerprint density at radius 1 is 1.28 bits per heavy atom. The average molecular weight is 416 g/mol. The highest BCUT2D eigenvalue weighted by Crippen LogP contribution is 2.37. The SMILES string of the molecule is CCOc1cc(C=C2N=C(c3cccc(OC)c3)OC2=O)cc(Cl)c1OC(C)=O. The van der Waals surface area contributed by atoms with Gasteiger partial charge in [-0.1, -0.05) is 17.7 Å². The van der Waals surface area contributed by atoms with E-state index in [-0.39, 0.29) is 28.1 Å². The van der Waals surface area contributed by atoms with Crippen molar-refractivity contribution in [3.63, 3.8) is 0 Å². The quantitative estimate of drug-likeness (QED) is 0.402. The summed E-state index contributed by atoms with van der Waals surface area (Å²) in [6.07, 6.45) is 1.52. The number of hydrogen-bond acceptors (Lipinski definition) is 7. The molecular weight excluding hydrogens is 398 g/mol. The fourth-order valence-corrected chi connectivity index (χ4v) is 2.88. The minimum atomic E-state index is -0.596. The van der Waals surface area contributed by atoms with Crippen LogP contribution in [-0.2, 0) is 14.3 Å². The van der Waals surface area contributed by atoms with E-state index in [1.165, 1.54) is 13.0 Å². The van der Waals surface area contributed by atoms with Gasteiger partial charge >= 0.3 is 11.9 Å². The topological polar surface area (TPSA) is 83.4 Å². The normalized spacial score (nSPS) is 14.4. The molecule has 0 bridgehead atoms. The largest absolute Gasteiger partial charge is 0.497 e. The Morgan fingerprint density at radius 2 is 2.07 bits per heavy atom. The highest BCUT2D eigenvalue weighted by molar-refractivity contribution is 6.32. The first-order chi connectivity index (χ1) is 13.9. The van der Waals surface area contributed by atoms with Gasteiger partial charge in [0.15, 0.2) is 17.2 Å². The predicted octanol–water partition coefficient (Wildman–Crippen LogP) is 4.02. The minimum absolute atomic E-state index is 0.0987. The van der Waals surface area contributed by atoms with E-state index in [0.29, 0.717) is 23.5 Å². The van der Waals surface area contributed by atoms with Crippen molar-refractivity contribution in [3.05, 3.63) is 58.2 Å². The monoisotopic (exact) mass is 415 g/mol. The third kappa shape index (κ3) is 4.75. The van der Waals surface area contributed by atoms with E-state index < -0.39 is 11.9 Å². The standard InChI is InChI=1S/C21H18ClNO6/c1-4-27-18-10-13(8-16(22)19(18)28-12(2)24)9-17-21(25)29-20(23-17)14-6-5-7-15(11-14)26-3/h5-11H,4H2,1-3H3. The first-order valence-electron chi connectivity index (χ1n) is 8.73. The molecule has 0 amide bonds. The molecule has 29 heavy (non-hydrogen) atoms. The van der Waals surface area contributed by atoms with Crippen molar-refractivity contribution in [3.8, 4) is 17.2 Å². The van der Waals surface area contributed by atoms with E-state index in [1.807, 2.05) is 0 Å². The van der Waals surface area contributed by atoms with Gasteiger partial charge in [0.1, 0.15) is 5.75 Å². The molecule has 0 saturated heterocycles. The van der Waals surface area contributed by atoms with Gasteiger partial charge in [-0.2, -0.15) is 0 Å². The zero-order valence-electron chi connectivity index (χ0n) is 16.0. The lowest BCUT2D eigenvalue weighted by atomic mass is 10.1. The molecule has 1 heterocycles. The van der Waals surface area contributed by atoms with E-state index in [1.54, 1.807) is 50.4 Å². The summed E-state index contributed by atoms with van der Waals surface area (Å²) in [5.74, 6) is 0.0793. The summed E-state index contributed by atoms with van der Waals surface area (Å²) in [5, 5.41) is 0.168. The molecule has 1 aliphatic rings. The van der Waals surface area contributed by atoms with Crippen LogP contribution in [0.5, 0.6) is 17.2 Å². The summed E-state index contributed by atoms with van der Waals surface area (Å²) in [7, 11) is 1.55. The zero-order chi connectivity index (χ0) is 21.0. The van der Waals surface area contributed by atoms with Crippen molar-refractivity contribution in [1.82, 2.24) is 0 Å². The Morgan fingerprint density at radius 3 is 2.76 bits per heavy atom. The zero-order valence-corrected chi connectivity index (χ0v) is 16.8. The lowest BCUT2D eigenvalue weighted by Crippen LogP contribution is -2.06. The van der Waals surface area contributed by atoms with Crippen LogP contribution in [0.3, 0.4) is 0 Å². The summed E-state index contributed by atoms with van der Waals surface area (Å²) >= 11 is 6.24. The van der Waals surface area contributed by atoms with Gasteiger partial charge < -0.3 is 18.9 Å². The van der Waals surface area contributed by atoms with Gasteiger partial charge in [-0.15, -0.1) is 0 Å². The molecule has 8 heteroatoms. The number of carbonyl (C=O) groups is 2. The minimum Gasteiger partial charge on any atom is -0.497 e. The molecule has 0 atom stereocenters. The Labute approximate surface area is 172 Å². The van der Waals surface area contributed by atoms with Gasteiger partial charge in [0, 0.05) is 12.5 Å². The lowest BCUT2D eigenvalue weighted by molar-refractivity contribution is -0.132. The number of hydrogen-bond donors (Lipinski definition) is 0. The second-order valence-corrected chi connectivity index (χ2v) is 6.33. The maximum atomic E-state index is 12.3. The molecule has 1 aliphatic heterocycles. The van der Waals surface area contributed by atoms with E-state index in [4.69, 9.17) is 30.5 Å². The number of halogens is 1. The van der Waals surface area contributed by atoms with Crippen LogP contribution in [0, 0.1) is 0 Å². The maximum Gasteiger partial charge on any atom is 0.363 e. The van der Waals surface area contributed by atoms with Crippen LogP contribution in [0.4, 0.5) is 0 Å². The third-order valence-electron chi connectivity index (χ3n) is 3.82. The first kappa shape index (κ1) is 20.4. The Bertz CT molecular complexity index is 1030. The van der Waals surface area contributed by atoms with Crippen molar-refractivity contribution in [1.29, 1.82) is 0 Å². The maximum absolute atomic E-state index is 12.3. The molecule has 2 aromatic carbocycles. The number of rotatable bonds is 6. The van der Waals surface area contributed by atoms with Gasteiger partial charge in [-0.05, 0) is 48.9 Å². The molecular formula is C21H18ClNO6. The summed E-state index contributed by atoms with van der Waals surface area (Å²) in [5.41, 5.74) is 1.25. The summed E-state index contributed by atoms with van der Waals surface area (Å²) in [6, 6.07) is 10.2. The summed E-state index contributed by atoms with van der Waals surface area (Å²) in [6.45, 7) is 3.39. The molecule has 7 nitrogen and oxygen atoms in total. The molecule has 0 unspecified atom stereocenters. The molecule has 2 aromatic rings. The third-order valence-corrected chi connectivity index (χ3v) is 4.10. The number of methoxy groups -OCH3 is 1. The Balaban J connectivity index is 1.97. The van der Waals surface area contributed by atoms with Crippen LogP contribution in [0.25, 0.3) is 6.08 Å². The fraction of sp³-hybridized carbons (Fsp3) is 0.190. The number of ether oxygens (including phenoxy) is 4. The van der Waals surface area contributed by atoms with Gasteiger partial charge in [0.2, 0.25) is 5.90 Å². The lowest BCUT2D eigenvalue weighted by Gasteiger charge is -2.12. The number of carbonyl (C=O) groups excluding carboxylic acids is 2. The number of aliphatic imine (C=N–C) groups is 1. The van der Waals surface area contributed by atoms with Crippen molar-refractivity contribution >= 4 is 35.5 Å². The molecule has 0 aromatic heterocycles. The van der Waals surface area contributed by atoms with E-state index in [2.05, 4.69) is 4.99 Å². The van der Waals surface area contributed by atoms with E-state index in [9.17, 15) is 9.59 Å². The number of esters is 2. The molecule has 0 N–H and O–H groups in total. The average Bonchev–Trinajstić information content (AvgIpc) is 3.05. The molecule has 3 rings (SSSR count). The highest BCUT2D eigenvalue weighted by Gasteiger charge is 2.25.